The van der Waals surface area contributed by atoms with E-state index in [9.17, 15) is 10.1 Å². The molecule has 2 aliphatic rings. The fourth-order valence-electron chi connectivity index (χ4n) is 4.08. The highest BCUT2D eigenvalue weighted by Crippen LogP contribution is 2.31. The van der Waals surface area contributed by atoms with Crippen LogP contribution in [0.1, 0.15) is 50.7 Å². The molecule has 0 bridgehead atoms. The van der Waals surface area contributed by atoms with Crippen molar-refractivity contribution >= 4 is 17.2 Å². The first kappa shape index (κ1) is 18.2. The zero-order valence-electron chi connectivity index (χ0n) is 15.8. The summed E-state index contributed by atoms with van der Waals surface area (Å²) in [6.45, 7) is 7.89. The summed E-state index contributed by atoms with van der Waals surface area (Å²) in [7, 11) is 0. The monoisotopic (exact) mass is 384 g/mol. The van der Waals surface area contributed by atoms with Gasteiger partial charge in [-0.1, -0.05) is 5.16 Å². The summed E-state index contributed by atoms with van der Waals surface area (Å²) in [5.41, 5.74) is 4.18. The number of amides is 1. The lowest BCUT2D eigenvalue weighted by molar-refractivity contribution is 0.0697. The van der Waals surface area contributed by atoms with Gasteiger partial charge in [-0.25, -0.2) is 0 Å². The minimum absolute atomic E-state index is 0.0253. The number of nitriles is 1. The molecule has 6 nitrogen and oxygen atoms in total. The fraction of sp³-hybridized carbons (Fsp3) is 0.550. The summed E-state index contributed by atoms with van der Waals surface area (Å²) in [6, 6.07) is 2.32. The first-order chi connectivity index (χ1) is 13.1. The lowest BCUT2D eigenvalue weighted by Gasteiger charge is -2.31. The number of rotatable bonds is 3. The van der Waals surface area contributed by atoms with Crippen molar-refractivity contribution in [2.45, 2.75) is 46.2 Å². The zero-order chi connectivity index (χ0) is 19.0. The smallest absolute Gasteiger partial charge is 0.255 e. The van der Waals surface area contributed by atoms with Crippen molar-refractivity contribution in [3.8, 4) is 6.07 Å². The van der Waals surface area contributed by atoms with Crippen LogP contribution in [0, 0.1) is 31.1 Å². The van der Waals surface area contributed by atoms with Crippen molar-refractivity contribution < 1.29 is 9.32 Å². The number of hydrogen-bond donors (Lipinski definition) is 0. The van der Waals surface area contributed by atoms with E-state index in [4.69, 9.17) is 4.52 Å². The highest BCUT2D eigenvalue weighted by molar-refractivity contribution is 7.10. The van der Waals surface area contributed by atoms with E-state index < -0.39 is 0 Å². The molecule has 7 heteroatoms. The average molecular weight is 385 g/mol. The van der Waals surface area contributed by atoms with Crippen molar-refractivity contribution in [1.82, 2.24) is 15.0 Å². The SMILES string of the molecule is Cc1noc(C)c1CN1CCc2c(C(=O)N3CCC[C@H](C#N)C3)csc2C1. The van der Waals surface area contributed by atoms with Gasteiger partial charge in [-0.2, -0.15) is 5.26 Å². The average Bonchev–Trinajstić information content (AvgIpc) is 3.25. The van der Waals surface area contributed by atoms with Gasteiger partial charge in [0.2, 0.25) is 0 Å². The number of hydrogen-bond acceptors (Lipinski definition) is 6. The normalized spacial score (nSPS) is 20.3. The van der Waals surface area contributed by atoms with Crippen LogP contribution < -0.4 is 0 Å². The molecule has 142 valence electrons. The standard InChI is InChI=1S/C20H24N4O2S/c1-13-17(14(2)26-22-13)10-23-7-5-16-18(12-27-19(16)11-23)20(25)24-6-3-4-15(8-21)9-24/h12,15H,3-7,9-11H2,1-2H3/t15-/m1/s1. The number of fused-ring (bicyclic) bond motifs is 1. The van der Waals surface area contributed by atoms with Gasteiger partial charge in [0.25, 0.3) is 5.91 Å². The molecule has 0 unspecified atom stereocenters. The molecule has 1 atom stereocenters. The number of likely N-dealkylation sites (tertiary alicyclic amines) is 1. The van der Waals surface area contributed by atoms with E-state index in [2.05, 4.69) is 16.1 Å². The van der Waals surface area contributed by atoms with Crippen LogP contribution in [0.4, 0.5) is 0 Å². The van der Waals surface area contributed by atoms with Crippen molar-refractivity contribution in [3.05, 3.63) is 38.4 Å². The van der Waals surface area contributed by atoms with E-state index in [1.165, 1.54) is 16.0 Å². The van der Waals surface area contributed by atoms with E-state index >= 15 is 0 Å². The van der Waals surface area contributed by atoms with E-state index in [1.54, 1.807) is 11.3 Å². The molecule has 4 heterocycles. The van der Waals surface area contributed by atoms with Crippen molar-refractivity contribution in [3.63, 3.8) is 0 Å². The molecule has 0 aliphatic carbocycles. The number of piperidine rings is 1. The van der Waals surface area contributed by atoms with E-state index in [0.717, 1.165) is 62.5 Å². The van der Waals surface area contributed by atoms with Gasteiger partial charge in [0, 0.05) is 48.5 Å². The number of carbonyl (C=O) groups excluding carboxylic acids is 1. The van der Waals surface area contributed by atoms with E-state index in [-0.39, 0.29) is 11.8 Å². The Labute approximate surface area is 163 Å². The molecule has 1 saturated heterocycles. The first-order valence-electron chi connectivity index (χ1n) is 9.49. The minimum Gasteiger partial charge on any atom is -0.361 e. The Morgan fingerprint density at radius 1 is 1.44 bits per heavy atom. The van der Waals surface area contributed by atoms with Gasteiger partial charge in [0.15, 0.2) is 0 Å². The number of aromatic nitrogens is 1. The van der Waals surface area contributed by atoms with Crippen LogP contribution in [-0.2, 0) is 19.5 Å². The van der Waals surface area contributed by atoms with Gasteiger partial charge in [0.05, 0.1) is 23.2 Å². The lowest BCUT2D eigenvalue weighted by Crippen LogP contribution is -2.40. The molecule has 0 N–H and O–H groups in total. The molecule has 1 fully saturated rings. The summed E-state index contributed by atoms with van der Waals surface area (Å²) in [4.78, 5) is 18.6. The summed E-state index contributed by atoms with van der Waals surface area (Å²) in [6.07, 6.45) is 2.71. The third-order valence-corrected chi connectivity index (χ3v) is 6.72. The second-order valence-electron chi connectivity index (χ2n) is 7.53. The number of carbonyl (C=O) groups is 1. The number of thiophene rings is 1. The summed E-state index contributed by atoms with van der Waals surface area (Å²) in [5, 5.41) is 15.2. The lowest BCUT2D eigenvalue weighted by atomic mass is 9.97. The van der Waals surface area contributed by atoms with Crippen LogP contribution in [0.2, 0.25) is 0 Å². The third-order valence-electron chi connectivity index (χ3n) is 5.71. The predicted octanol–water partition coefficient (Wildman–Crippen LogP) is 3.29. The summed E-state index contributed by atoms with van der Waals surface area (Å²) < 4.78 is 5.28. The topological polar surface area (TPSA) is 73.4 Å². The Hall–Kier alpha value is -2.17. The van der Waals surface area contributed by atoms with E-state index in [1.807, 2.05) is 24.1 Å². The Balaban J connectivity index is 1.47. The quantitative estimate of drug-likeness (QED) is 0.812. The zero-order valence-corrected chi connectivity index (χ0v) is 16.6. The molecule has 4 rings (SSSR count). The molecule has 0 radical (unpaired) electrons. The molecule has 2 aromatic heterocycles. The van der Waals surface area contributed by atoms with Crippen LogP contribution in [0.3, 0.4) is 0 Å². The van der Waals surface area contributed by atoms with Crippen LogP contribution in [0.5, 0.6) is 0 Å². The predicted molar refractivity (Wildman–Crippen MR) is 102 cm³/mol. The van der Waals surface area contributed by atoms with E-state index in [0.29, 0.717) is 6.54 Å². The highest BCUT2D eigenvalue weighted by Gasteiger charge is 2.29. The van der Waals surface area contributed by atoms with Gasteiger partial charge < -0.3 is 9.42 Å². The highest BCUT2D eigenvalue weighted by atomic mass is 32.1. The Morgan fingerprint density at radius 3 is 3.04 bits per heavy atom. The Bertz CT molecular complexity index is 875. The van der Waals surface area contributed by atoms with Crippen LogP contribution >= 0.6 is 11.3 Å². The third kappa shape index (κ3) is 3.52. The maximum absolute atomic E-state index is 13.0. The largest absolute Gasteiger partial charge is 0.361 e. The summed E-state index contributed by atoms with van der Waals surface area (Å²) >= 11 is 1.68. The Kier molecular flexibility index (Phi) is 5.02. The minimum atomic E-state index is -0.0253. The maximum Gasteiger partial charge on any atom is 0.255 e. The second-order valence-corrected chi connectivity index (χ2v) is 8.50. The van der Waals surface area contributed by atoms with Crippen LogP contribution in [-0.4, -0.2) is 40.5 Å². The molecular weight excluding hydrogens is 360 g/mol. The molecule has 27 heavy (non-hydrogen) atoms. The van der Waals surface area contributed by atoms with Crippen molar-refractivity contribution in [2.75, 3.05) is 19.6 Å². The molecule has 0 aromatic carbocycles. The second kappa shape index (κ2) is 7.45. The fourth-order valence-corrected chi connectivity index (χ4v) is 5.20. The number of nitrogens with zero attached hydrogens (tertiary/aromatic N) is 4. The Morgan fingerprint density at radius 2 is 2.30 bits per heavy atom. The van der Waals surface area contributed by atoms with Crippen molar-refractivity contribution in [2.24, 2.45) is 5.92 Å². The molecule has 0 saturated carbocycles. The number of aryl methyl sites for hydroxylation is 2. The first-order valence-corrected chi connectivity index (χ1v) is 10.4. The van der Waals surface area contributed by atoms with Gasteiger partial charge in [-0.3, -0.25) is 9.69 Å². The molecule has 2 aromatic rings. The van der Waals surface area contributed by atoms with Gasteiger partial charge >= 0.3 is 0 Å². The van der Waals surface area contributed by atoms with Gasteiger partial charge in [-0.15, -0.1) is 11.3 Å². The molecular formula is C20H24N4O2S. The van der Waals surface area contributed by atoms with Crippen molar-refractivity contribution in [1.29, 1.82) is 5.26 Å². The van der Waals surface area contributed by atoms with Gasteiger partial charge in [-0.05, 0) is 38.7 Å². The molecule has 1 amide bonds. The van der Waals surface area contributed by atoms with Crippen LogP contribution in [0.15, 0.2) is 9.90 Å². The summed E-state index contributed by atoms with van der Waals surface area (Å²) in [5.74, 6) is 0.965. The molecule has 0 spiro atoms. The van der Waals surface area contributed by atoms with Crippen LogP contribution in [0.25, 0.3) is 0 Å². The maximum atomic E-state index is 13.0. The van der Waals surface area contributed by atoms with Gasteiger partial charge in [0.1, 0.15) is 5.76 Å². The molecule has 2 aliphatic heterocycles.